The van der Waals surface area contributed by atoms with E-state index >= 15 is 0 Å². The molecule has 3 heterocycles. The minimum absolute atomic E-state index is 0.0222. The highest BCUT2D eigenvalue weighted by Gasteiger charge is 2.48. The zero-order valence-corrected chi connectivity index (χ0v) is 20.8. The van der Waals surface area contributed by atoms with Gasteiger partial charge in [0.1, 0.15) is 5.75 Å². The maximum atomic E-state index is 12.1. The maximum Gasteiger partial charge on any atom is 0.219 e. The van der Waals surface area contributed by atoms with E-state index in [0.29, 0.717) is 6.54 Å². The van der Waals surface area contributed by atoms with Crippen molar-refractivity contribution in [2.45, 2.75) is 37.8 Å². The van der Waals surface area contributed by atoms with Gasteiger partial charge in [0.05, 0.1) is 25.3 Å². The summed E-state index contributed by atoms with van der Waals surface area (Å²) < 4.78 is 7.75. The molecule has 5 rings (SSSR count). The molecule has 6 nitrogen and oxygen atoms in total. The molecule has 3 aromatic rings. The van der Waals surface area contributed by atoms with Crippen LogP contribution in [0, 0.1) is 0 Å². The zero-order chi connectivity index (χ0) is 24.0. The predicted molar refractivity (Wildman–Crippen MR) is 134 cm³/mol. The fraction of sp³-hybridized carbons (Fsp3) is 0.444. The fourth-order valence-corrected chi connectivity index (χ4v) is 6.33. The molecule has 2 aromatic carbocycles. The van der Waals surface area contributed by atoms with Gasteiger partial charge in [-0.1, -0.05) is 29.8 Å². The number of amides is 1. The van der Waals surface area contributed by atoms with Gasteiger partial charge in [-0.2, -0.15) is 0 Å². The van der Waals surface area contributed by atoms with E-state index in [9.17, 15) is 9.90 Å². The number of hydrogen-bond donors (Lipinski definition) is 1. The van der Waals surface area contributed by atoms with E-state index in [4.69, 9.17) is 16.3 Å². The lowest BCUT2D eigenvalue weighted by atomic mass is 9.68. The third-order valence-corrected chi connectivity index (χ3v) is 8.28. The Kier molecular flexibility index (Phi) is 6.09. The number of aromatic nitrogens is 1. The van der Waals surface area contributed by atoms with Crippen LogP contribution in [0.3, 0.4) is 0 Å². The highest BCUT2D eigenvalue weighted by atomic mass is 35.5. The highest BCUT2D eigenvalue weighted by molar-refractivity contribution is 6.31. The van der Waals surface area contributed by atoms with Crippen LogP contribution in [-0.2, 0) is 23.8 Å². The summed E-state index contributed by atoms with van der Waals surface area (Å²) in [6.45, 7) is 4.63. The second kappa shape index (κ2) is 8.91. The second-order valence-corrected chi connectivity index (χ2v) is 10.1. The lowest BCUT2D eigenvalue weighted by Crippen LogP contribution is -2.54. The fourth-order valence-electron chi connectivity index (χ4n) is 6.13. The van der Waals surface area contributed by atoms with E-state index in [1.54, 1.807) is 14.0 Å². The Balaban J connectivity index is 1.67. The monoisotopic (exact) mass is 481 g/mol. The molecule has 7 heteroatoms. The number of aliphatic hydroxyl groups is 1. The number of fused-ring (bicyclic) bond motifs is 4. The average Bonchev–Trinajstić information content (AvgIpc) is 3.14. The van der Waals surface area contributed by atoms with E-state index in [2.05, 4.69) is 34.7 Å². The number of carbonyl (C=O) groups excluding carboxylic acids is 1. The van der Waals surface area contributed by atoms with Gasteiger partial charge in [-0.25, -0.2) is 0 Å². The van der Waals surface area contributed by atoms with E-state index < -0.39 is 0 Å². The molecule has 1 atom stereocenters. The first-order chi connectivity index (χ1) is 16.4. The SMILES string of the molecule is COc1ccc2c3c(n(C)c2c1)[C@@H](CO)N(Cc1ccccc1Cl)CC31CCN(C(C)=O)CC1. The van der Waals surface area contributed by atoms with Crippen molar-refractivity contribution in [3.05, 3.63) is 64.3 Å². The first-order valence-corrected chi connectivity index (χ1v) is 12.3. The molecule has 1 N–H and O–H groups in total. The second-order valence-electron chi connectivity index (χ2n) is 9.68. The Labute approximate surface area is 205 Å². The number of rotatable bonds is 4. The number of nitrogens with zero attached hydrogens (tertiary/aromatic N) is 3. The van der Waals surface area contributed by atoms with Crippen LogP contribution in [0.4, 0.5) is 0 Å². The van der Waals surface area contributed by atoms with Crippen LogP contribution in [-0.4, -0.2) is 58.7 Å². The number of likely N-dealkylation sites (tertiary alicyclic amines) is 1. The van der Waals surface area contributed by atoms with Crippen molar-refractivity contribution < 1.29 is 14.6 Å². The highest BCUT2D eigenvalue weighted by Crippen LogP contribution is 2.50. The molecule has 0 unspecified atom stereocenters. The van der Waals surface area contributed by atoms with Gasteiger partial charge in [-0.15, -0.1) is 0 Å². The number of benzene rings is 2. The van der Waals surface area contributed by atoms with Crippen LogP contribution < -0.4 is 4.74 Å². The molecule has 1 saturated heterocycles. The van der Waals surface area contributed by atoms with Crippen LogP contribution in [0.2, 0.25) is 5.02 Å². The maximum absolute atomic E-state index is 12.1. The lowest BCUT2D eigenvalue weighted by Gasteiger charge is -2.50. The first-order valence-electron chi connectivity index (χ1n) is 11.9. The number of aryl methyl sites for hydroxylation is 1. The number of halogens is 1. The van der Waals surface area contributed by atoms with Gasteiger partial charge in [0.15, 0.2) is 0 Å². The number of piperidine rings is 1. The molecular weight excluding hydrogens is 450 g/mol. The first kappa shape index (κ1) is 23.2. The quantitative estimate of drug-likeness (QED) is 0.604. The molecule has 0 radical (unpaired) electrons. The van der Waals surface area contributed by atoms with Crippen LogP contribution in [0.15, 0.2) is 42.5 Å². The number of aliphatic hydroxyl groups excluding tert-OH is 1. The average molecular weight is 482 g/mol. The molecule has 0 bridgehead atoms. The van der Waals surface area contributed by atoms with Gasteiger partial charge in [-0.05, 0) is 42.2 Å². The Morgan fingerprint density at radius 1 is 1.21 bits per heavy atom. The van der Waals surface area contributed by atoms with Crippen LogP contribution >= 0.6 is 11.6 Å². The smallest absolute Gasteiger partial charge is 0.219 e. The van der Waals surface area contributed by atoms with Gasteiger partial charge in [-0.3, -0.25) is 9.69 Å². The molecule has 0 saturated carbocycles. The number of hydrogen-bond acceptors (Lipinski definition) is 4. The molecule has 1 spiro atoms. The largest absolute Gasteiger partial charge is 0.497 e. The summed E-state index contributed by atoms with van der Waals surface area (Å²) in [6, 6.07) is 14.0. The summed E-state index contributed by atoms with van der Waals surface area (Å²) in [7, 11) is 3.77. The van der Waals surface area contributed by atoms with Gasteiger partial charge >= 0.3 is 0 Å². The number of carbonyl (C=O) groups is 1. The van der Waals surface area contributed by atoms with Gasteiger partial charge in [0, 0.05) is 67.7 Å². The molecule has 2 aliphatic rings. The van der Waals surface area contributed by atoms with Crippen molar-refractivity contribution in [2.75, 3.05) is 33.4 Å². The van der Waals surface area contributed by atoms with Crippen molar-refractivity contribution in [3.63, 3.8) is 0 Å². The summed E-state index contributed by atoms with van der Waals surface area (Å²) >= 11 is 6.54. The van der Waals surface area contributed by atoms with Crippen LogP contribution in [0.5, 0.6) is 5.75 Å². The van der Waals surface area contributed by atoms with E-state index in [1.807, 2.05) is 29.2 Å². The summed E-state index contributed by atoms with van der Waals surface area (Å²) in [5, 5.41) is 12.6. The van der Waals surface area contributed by atoms with Crippen LogP contribution in [0.25, 0.3) is 10.9 Å². The summed E-state index contributed by atoms with van der Waals surface area (Å²) in [5.74, 6) is 0.953. The molecule has 2 aliphatic heterocycles. The lowest BCUT2D eigenvalue weighted by molar-refractivity contribution is -0.130. The normalized spacial score (nSPS) is 20.0. The Hall–Kier alpha value is -2.54. The third kappa shape index (κ3) is 3.69. The number of methoxy groups -OCH3 is 1. The topological polar surface area (TPSA) is 57.9 Å². The van der Waals surface area contributed by atoms with Crippen molar-refractivity contribution in [1.82, 2.24) is 14.4 Å². The van der Waals surface area contributed by atoms with Gasteiger partial charge < -0.3 is 19.3 Å². The Morgan fingerprint density at radius 3 is 2.59 bits per heavy atom. The molecule has 0 aliphatic carbocycles. The van der Waals surface area contributed by atoms with Crippen molar-refractivity contribution in [1.29, 1.82) is 0 Å². The summed E-state index contributed by atoms with van der Waals surface area (Å²) in [6.07, 6.45) is 1.78. The summed E-state index contributed by atoms with van der Waals surface area (Å²) in [4.78, 5) is 16.4. The third-order valence-electron chi connectivity index (χ3n) is 7.92. The van der Waals surface area contributed by atoms with Crippen molar-refractivity contribution in [3.8, 4) is 5.75 Å². The van der Waals surface area contributed by atoms with Crippen molar-refractivity contribution >= 4 is 28.4 Å². The Morgan fingerprint density at radius 2 is 1.94 bits per heavy atom. The minimum Gasteiger partial charge on any atom is -0.497 e. The van der Waals surface area contributed by atoms with Gasteiger partial charge in [0.25, 0.3) is 0 Å². The summed E-state index contributed by atoms with van der Waals surface area (Å²) in [5.41, 5.74) is 4.53. The molecule has 34 heavy (non-hydrogen) atoms. The Bertz CT molecular complexity index is 1230. The molecular formula is C27H32ClN3O3. The van der Waals surface area contributed by atoms with E-state index in [1.165, 1.54) is 10.9 Å². The van der Waals surface area contributed by atoms with Gasteiger partial charge in [0.2, 0.25) is 5.91 Å². The molecule has 1 fully saturated rings. The molecule has 1 aromatic heterocycles. The standard InChI is InChI=1S/C27H32ClN3O3/c1-18(33)30-12-10-27(11-13-30)17-31(15-19-6-4-5-7-22(19)28)24(16-32)26-25(27)21-9-8-20(34-3)14-23(21)29(26)2/h4-9,14,24,32H,10-13,15-17H2,1-3H3/t24-/m1/s1. The van der Waals surface area contributed by atoms with Crippen LogP contribution in [0.1, 0.15) is 42.6 Å². The van der Waals surface area contributed by atoms with E-state index in [0.717, 1.165) is 60.0 Å². The van der Waals surface area contributed by atoms with Crippen molar-refractivity contribution in [2.24, 2.45) is 7.05 Å². The molecule has 180 valence electrons. The number of ether oxygens (including phenoxy) is 1. The van der Waals surface area contributed by atoms with E-state index in [-0.39, 0.29) is 24.0 Å². The zero-order valence-electron chi connectivity index (χ0n) is 20.1. The minimum atomic E-state index is -0.147. The predicted octanol–water partition coefficient (Wildman–Crippen LogP) is 4.27. The molecule has 1 amide bonds.